The molecule has 4 N–H and O–H groups in total. The Kier molecular flexibility index (Phi) is 4.79. The highest BCUT2D eigenvalue weighted by Gasteiger charge is 2.63. The summed E-state index contributed by atoms with van der Waals surface area (Å²) in [5.74, 6) is -0.378. The number of benzene rings is 2. The van der Waals surface area contributed by atoms with Gasteiger partial charge in [-0.3, -0.25) is 4.79 Å². The molecule has 2 aromatic carbocycles. The van der Waals surface area contributed by atoms with E-state index in [1.54, 1.807) is 32.0 Å². The molecule has 1 aromatic heterocycles. The number of alkyl halides is 3. The van der Waals surface area contributed by atoms with Crippen LogP contribution in [-0.2, 0) is 5.41 Å². The molecule has 1 aliphatic rings. The maximum Gasteiger partial charge on any atom is 0.419 e. The molecule has 0 radical (unpaired) electrons. The Hall–Kier alpha value is -2.71. The van der Waals surface area contributed by atoms with Gasteiger partial charge in [-0.05, 0) is 53.3 Å². The van der Waals surface area contributed by atoms with Crippen LogP contribution in [0.5, 0.6) is 5.75 Å². The van der Waals surface area contributed by atoms with E-state index in [9.17, 15) is 28.2 Å². The van der Waals surface area contributed by atoms with E-state index in [4.69, 9.17) is 11.6 Å². The summed E-state index contributed by atoms with van der Waals surface area (Å²) in [4.78, 5) is 14.2. The van der Waals surface area contributed by atoms with Gasteiger partial charge in [0.1, 0.15) is 5.75 Å². The first-order valence-corrected chi connectivity index (χ1v) is 9.92. The first-order valence-electron chi connectivity index (χ1n) is 9.54. The molecule has 31 heavy (non-hydrogen) atoms. The largest absolute Gasteiger partial charge is 0.506 e. The molecule has 0 aliphatic heterocycles. The van der Waals surface area contributed by atoms with Crippen LogP contribution in [0.15, 0.2) is 47.3 Å². The molecule has 2 unspecified atom stereocenters. The third kappa shape index (κ3) is 3.43. The number of aromatic hydroxyl groups is 1. The molecule has 0 amide bonds. The summed E-state index contributed by atoms with van der Waals surface area (Å²) in [7, 11) is 0. The minimum atomic E-state index is -4.96. The fraction of sp³-hybridized carbons (Fsp3) is 0.318. The van der Waals surface area contributed by atoms with Crippen molar-refractivity contribution in [2.75, 3.05) is 5.32 Å². The standard InChI is InChI=1S/C22H20ClF3N2O3/c1-20(2)10-21(31,22(24,25)26)19(12-8-17(29)14(23)9-13(12)20)28-16-5-3-4-15-11(16)6-7-18(30)27-15/h3-9,19,28-29,31H,10H2,1-2H3,(H,27,30). The van der Waals surface area contributed by atoms with Crippen molar-refractivity contribution in [1.29, 1.82) is 0 Å². The number of nitrogens with one attached hydrogen (secondary N) is 2. The summed E-state index contributed by atoms with van der Waals surface area (Å²) in [6.07, 6.45) is -5.58. The zero-order valence-electron chi connectivity index (χ0n) is 16.6. The van der Waals surface area contributed by atoms with Crippen molar-refractivity contribution in [1.82, 2.24) is 4.98 Å². The number of aromatic amines is 1. The van der Waals surface area contributed by atoms with Gasteiger partial charge in [0.15, 0.2) is 5.60 Å². The van der Waals surface area contributed by atoms with Crippen molar-refractivity contribution >= 4 is 28.2 Å². The molecule has 0 saturated carbocycles. The topological polar surface area (TPSA) is 85.4 Å². The Balaban J connectivity index is 1.96. The Bertz CT molecular complexity index is 1240. The zero-order valence-corrected chi connectivity index (χ0v) is 17.4. The number of anilines is 1. The minimum absolute atomic E-state index is 0.0192. The van der Waals surface area contributed by atoms with Gasteiger partial charge in [0.2, 0.25) is 5.56 Å². The van der Waals surface area contributed by atoms with Gasteiger partial charge >= 0.3 is 6.18 Å². The normalized spacial score (nSPS) is 22.9. The van der Waals surface area contributed by atoms with Gasteiger partial charge in [0, 0.05) is 17.1 Å². The summed E-state index contributed by atoms with van der Waals surface area (Å²) in [6.45, 7) is 3.18. The average Bonchev–Trinajstić information content (AvgIpc) is 2.65. The van der Waals surface area contributed by atoms with Gasteiger partial charge < -0.3 is 20.5 Å². The second-order valence-electron chi connectivity index (χ2n) is 8.54. The smallest absolute Gasteiger partial charge is 0.419 e. The highest BCUT2D eigenvalue weighted by Crippen LogP contribution is 2.55. The van der Waals surface area contributed by atoms with E-state index in [-0.39, 0.29) is 21.9 Å². The van der Waals surface area contributed by atoms with Crippen LogP contribution >= 0.6 is 11.6 Å². The maximum absolute atomic E-state index is 14.2. The molecule has 2 atom stereocenters. The van der Waals surface area contributed by atoms with E-state index in [1.165, 1.54) is 24.3 Å². The molecule has 1 heterocycles. The SMILES string of the molecule is CC1(C)CC(O)(C(F)(F)F)C(Nc2cccc3[nH]c(=O)ccc23)c2cc(O)c(Cl)cc21. The van der Waals surface area contributed by atoms with E-state index in [1.807, 2.05) is 0 Å². The van der Waals surface area contributed by atoms with Gasteiger partial charge in [-0.25, -0.2) is 0 Å². The van der Waals surface area contributed by atoms with Crippen LogP contribution in [0.1, 0.15) is 37.4 Å². The van der Waals surface area contributed by atoms with Crippen molar-refractivity contribution in [3.63, 3.8) is 0 Å². The quantitative estimate of drug-likeness (QED) is 0.440. The number of halogens is 4. The Morgan fingerprint density at radius 2 is 1.90 bits per heavy atom. The van der Waals surface area contributed by atoms with E-state index in [2.05, 4.69) is 10.3 Å². The molecule has 0 spiro atoms. The molecule has 1 aliphatic carbocycles. The van der Waals surface area contributed by atoms with Crippen LogP contribution in [-0.4, -0.2) is 27.0 Å². The molecule has 0 bridgehead atoms. The van der Waals surface area contributed by atoms with E-state index >= 15 is 0 Å². The maximum atomic E-state index is 14.2. The number of pyridine rings is 1. The number of hydrogen-bond acceptors (Lipinski definition) is 4. The molecule has 3 aromatic rings. The van der Waals surface area contributed by atoms with Crippen LogP contribution in [0.25, 0.3) is 10.9 Å². The molecule has 164 valence electrons. The molecule has 0 fully saturated rings. The van der Waals surface area contributed by atoms with E-state index in [0.717, 1.165) is 0 Å². The number of aliphatic hydroxyl groups is 1. The van der Waals surface area contributed by atoms with Crippen LogP contribution in [0.4, 0.5) is 18.9 Å². The third-order valence-corrected chi connectivity index (χ3v) is 6.21. The summed E-state index contributed by atoms with van der Waals surface area (Å²) in [5.41, 5.74) is -3.23. The lowest BCUT2D eigenvalue weighted by Crippen LogP contribution is -2.58. The fourth-order valence-corrected chi connectivity index (χ4v) is 4.62. The van der Waals surface area contributed by atoms with Crippen LogP contribution in [0.3, 0.4) is 0 Å². The van der Waals surface area contributed by atoms with Crippen LogP contribution in [0.2, 0.25) is 5.02 Å². The Labute approximate surface area is 180 Å². The van der Waals surface area contributed by atoms with E-state index in [0.29, 0.717) is 22.2 Å². The van der Waals surface area contributed by atoms with Gasteiger partial charge in [-0.1, -0.05) is 31.5 Å². The first kappa shape index (κ1) is 21.5. The Morgan fingerprint density at radius 1 is 1.19 bits per heavy atom. The average molecular weight is 453 g/mol. The summed E-state index contributed by atoms with van der Waals surface area (Å²) >= 11 is 6.05. The predicted molar refractivity (Wildman–Crippen MR) is 113 cm³/mol. The lowest BCUT2D eigenvalue weighted by atomic mass is 9.63. The number of fused-ring (bicyclic) bond motifs is 2. The minimum Gasteiger partial charge on any atom is -0.506 e. The van der Waals surface area contributed by atoms with Crippen molar-refractivity contribution < 1.29 is 23.4 Å². The number of phenolic OH excluding ortho intramolecular Hbond substituents is 1. The number of aromatic nitrogens is 1. The van der Waals surface area contributed by atoms with Crippen LogP contribution < -0.4 is 10.9 Å². The van der Waals surface area contributed by atoms with Gasteiger partial charge in [-0.15, -0.1) is 0 Å². The summed E-state index contributed by atoms with van der Waals surface area (Å²) in [5, 5.41) is 24.5. The number of hydrogen-bond donors (Lipinski definition) is 4. The fourth-order valence-electron chi connectivity index (χ4n) is 4.46. The number of H-pyrrole nitrogens is 1. The first-order chi connectivity index (χ1) is 14.3. The molecule has 9 heteroatoms. The summed E-state index contributed by atoms with van der Waals surface area (Å²) < 4.78 is 42.7. The second kappa shape index (κ2) is 6.90. The molecule has 0 saturated heterocycles. The van der Waals surface area contributed by atoms with Crippen molar-refractivity contribution in [3.05, 3.63) is 69.0 Å². The van der Waals surface area contributed by atoms with E-state index < -0.39 is 29.7 Å². The van der Waals surface area contributed by atoms with Gasteiger partial charge in [0.05, 0.1) is 16.6 Å². The highest BCUT2D eigenvalue weighted by atomic mass is 35.5. The monoisotopic (exact) mass is 452 g/mol. The lowest BCUT2D eigenvalue weighted by molar-refractivity contribution is -0.275. The number of phenols is 1. The lowest BCUT2D eigenvalue weighted by Gasteiger charge is -2.49. The van der Waals surface area contributed by atoms with Crippen molar-refractivity contribution in [2.24, 2.45) is 0 Å². The molecule has 5 nitrogen and oxygen atoms in total. The van der Waals surface area contributed by atoms with Crippen molar-refractivity contribution in [2.45, 2.75) is 43.5 Å². The van der Waals surface area contributed by atoms with Gasteiger partial charge in [0.25, 0.3) is 0 Å². The summed E-state index contributed by atoms with van der Waals surface area (Å²) in [6, 6.07) is 8.52. The van der Waals surface area contributed by atoms with Gasteiger partial charge in [-0.2, -0.15) is 13.2 Å². The molecular weight excluding hydrogens is 433 g/mol. The predicted octanol–water partition coefficient (Wildman–Crippen LogP) is 5.02. The van der Waals surface area contributed by atoms with Crippen molar-refractivity contribution in [3.8, 4) is 5.75 Å². The van der Waals surface area contributed by atoms with Crippen LogP contribution in [0, 0.1) is 0 Å². The highest BCUT2D eigenvalue weighted by molar-refractivity contribution is 6.32. The zero-order chi connectivity index (χ0) is 22.8. The molecule has 4 rings (SSSR count). The number of rotatable bonds is 2. The Morgan fingerprint density at radius 3 is 2.58 bits per heavy atom. The molecular formula is C22H20ClF3N2O3. The third-order valence-electron chi connectivity index (χ3n) is 5.90. The second-order valence-corrected chi connectivity index (χ2v) is 8.95.